The van der Waals surface area contributed by atoms with Gasteiger partial charge in [0.1, 0.15) is 0 Å². The monoisotopic (exact) mass is 236 g/mol. The molecule has 0 spiro atoms. The molecule has 3 rings (SSSR count). The molecule has 0 radical (unpaired) electrons. The minimum atomic E-state index is -0.623. The number of fused-ring (bicyclic) bond motifs is 1. The molecular weight excluding hydrogens is 212 g/mol. The Kier molecular flexibility index (Phi) is 2.47. The fraction of sp³-hybridized carbons (Fsp3) is 0.867. The zero-order valence-electron chi connectivity index (χ0n) is 11.3. The molecular formula is C15H24O2. The predicted octanol–water partition coefficient (Wildman–Crippen LogP) is 2.76. The molecule has 1 saturated heterocycles. The molecule has 2 bridgehead atoms. The van der Waals surface area contributed by atoms with Crippen LogP contribution in [0, 0.1) is 23.7 Å². The van der Waals surface area contributed by atoms with Gasteiger partial charge in [-0.15, -0.1) is 0 Å². The van der Waals surface area contributed by atoms with Crippen LogP contribution in [-0.4, -0.2) is 22.9 Å². The summed E-state index contributed by atoms with van der Waals surface area (Å²) in [5, 5.41) is 10.5. The zero-order chi connectivity index (χ0) is 12.4. The second-order valence-corrected chi connectivity index (χ2v) is 6.83. The van der Waals surface area contributed by atoms with Gasteiger partial charge in [0, 0.05) is 5.92 Å². The molecule has 2 aliphatic carbocycles. The summed E-state index contributed by atoms with van der Waals surface area (Å²) in [4.78, 5) is 0. The molecule has 1 aliphatic heterocycles. The van der Waals surface area contributed by atoms with Crippen LogP contribution in [0.15, 0.2) is 11.6 Å². The minimum Gasteiger partial charge on any atom is -0.387 e. The van der Waals surface area contributed by atoms with Gasteiger partial charge in [0.25, 0.3) is 0 Å². The maximum atomic E-state index is 10.5. The molecule has 1 heterocycles. The summed E-state index contributed by atoms with van der Waals surface area (Å²) in [6.07, 6.45) is 4.61. The van der Waals surface area contributed by atoms with Gasteiger partial charge in [-0.1, -0.05) is 25.5 Å². The highest BCUT2D eigenvalue weighted by Crippen LogP contribution is 2.55. The van der Waals surface area contributed by atoms with Crippen molar-refractivity contribution < 1.29 is 9.84 Å². The fourth-order valence-electron chi connectivity index (χ4n) is 4.48. The predicted molar refractivity (Wildman–Crippen MR) is 67.6 cm³/mol. The summed E-state index contributed by atoms with van der Waals surface area (Å²) < 4.78 is 6.19. The molecule has 2 heteroatoms. The molecule has 3 aliphatic rings. The third-order valence-corrected chi connectivity index (χ3v) is 5.30. The van der Waals surface area contributed by atoms with Crippen molar-refractivity contribution in [3.8, 4) is 0 Å². The van der Waals surface area contributed by atoms with Gasteiger partial charge in [-0.2, -0.15) is 0 Å². The summed E-state index contributed by atoms with van der Waals surface area (Å²) in [5.74, 6) is 2.41. The number of aliphatic hydroxyl groups is 1. The highest BCUT2D eigenvalue weighted by Gasteiger charge is 2.58. The quantitative estimate of drug-likeness (QED) is 0.709. The molecule has 0 aromatic carbocycles. The Morgan fingerprint density at radius 2 is 2.18 bits per heavy atom. The van der Waals surface area contributed by atoms with E-state index in [-0.39, 0.29) is 12.2 Å². The Morgan fingerprint density at radius 3 is 2.82 bits per heavy atom. The summed E-state index contributed by atoms with van der Waals surface area (Å²) in [5.41, 5.74) is 0.872. The first-order valence-electron chi connectivity index (χ1n) is 6.98. The van der Waals surface area contributed by atoms with E-state index in [2.05, 4.69) is 26.8 Å². The van der Waals surface area contributed by atoms with E-state index >= 15 is 0 Å². The largest absolute Gasteiger partial charge is 0.387 e. The third-order valence-electron chi connectivity index (χ3n) is 5.30. The number of rotatable bonds is 1. The average molecular weight is 236 g/mol. The van der Waals surface area contributed by atoms with E-state index in [1.165, 1.54) is 5.57 Å². The topological polar surface area (TPSA) is 29.5 Å². The lowest BCUT2D eigenvalue weighted by Gasteiger charge is -2.45. The van der Waals surface area contributed by atoms with E-state index in [0.717, 1.165) is 12.8 Å². The standard InChI is InChI=1S/C15H24O2/c1-8(2)12-11-7-9(3)10-5-6-15(4,16)14(17-11)13(10)12/h7-8,10-14,16H,5-6H2,1-4H3/t10-,11+,12-,13-,14+,15-/m0/s1. The smallest absolute Gasteiger partial charge is 0.0905 e. The SMILES string of the molecule is CC1=C[C@H]2O[C@@H]3[C@H]([C@H]2C(C)C)[C@H]1CC[C@]3(C)O. The second kappa shape index (κ2) is 3.58. The Bertz CT molecular complexity index is 356. The van der Waals surface area contributed by atoms with Gasteiger partial charge in [0.2, 0.25) is 0 Å². The first-order valence-corrected chi connectivity index (χ1v) is 6.98. The molecule has 2 nitrogen and oxygen atoms in total. The first kappa shape index (κ1) is 11.7. The van der Waals surface area contributed by atoms with Crippen LogP contribution in [0.4, 0.5) is 0 Å². The molecule has 1 saturated carbocycles. The van der Waals surface area contributed by atoms with Crippen LogP contribution in [0.1, 0.15) is 40.5 Å². The van der Waals surface area contributed by atoms with Crippen LogP contribution in [0.3, 0.4) is 0 Å². The lowest BCUT2D eigenvalue weighted by molar-refractivity contribution is -0.123. The van der Waals surface area contributed by atoms with Crippen molar-refractivity contribution in [2.24, 2.45) is 23.7 Å². The Labute approximate surface area is 104 Å². The lowest BCUT2D eigenvalue weighted by atomic mass is 9.60. The molecule has 96 valence electrons. The molecule has 0 aromatic heterocycles. The van der Waals surface area contributed by atoms with E-state index in [0.29, 0.717) is 23.7 Å². The number of ether oxygens (including phenoxy) is 1. The van der Waals surface area contributed by atoms with Crippen molar-refractivity contribution in [3.63, 3.8) is 0 Å². The van der Waals surface area contributed by atoms with E-state index in [4.69, 9.17) is 4.74 Å². The van der Waals surface area contributed by atoms with Crippen molar-refractivity contribution in [1.29, 1.82) is 0 Å². The summed E-state index contributed by atoms with van der Waals surface area (Å²) in [6.45, 7) is 8.78. The lowest BCUT2D eigenvalue weighted by Crippen LogP contribution is -2.51. The molecule has 1 N–H and O–H groups in total. The second-order valence-electron chi connectivity index (χ2n) is 6.83. The highest BCUT2D eigenvalue weighted by molar-refractivity contribution is 5.23. The van der Waals surface area contributed by atoms with E-state index < -0.39 is 5.60 Å². The normalized spacial score (nSPS) is 52.8. The van der Waals surface area contributed by atoms with Crippen LogP contribution < -0.4 is 0 Å². The van der Waals surface area contributed by atoms with Crippen molar-refractivity contribution >= 4 is 0 Å². The van der Waals surface area contributed by atoms with Gasteiger partial charge in [0.05, 0.1) is 17.8 Å². The van der Waals surface area contributed by atoms with Gasteiger partial charge in [-0.3, -0.25) is 0 Å². The highest BCUT2D eigenvalue weighted by atomic mass is 16.5. The van der Waals surface area contributed by atoms with Gasteiger partial charge in [-0.05, 0) is 44.4 Å². The molecule has 2 fully saturated rings. The van der Waals surface area contributed by atoms with Crippen molar-refractivity contribution in [1.82, 2.24) is 0 Å². The molecule has 17 heavy (non-hydrogen) atoms. The van der Waals surface area contributed by atoms with Crippen molar-refractivity contribution in [2.75, 3.05) is 0 Å². The van der Waals surface area contributed by atoms with Gasteiger partial charge in [-0.25, -0.2) is 0 Å². The number of hydrogen-bond acceptors (Lipinski definition) is 2. The molecule has 0 aromatic rings. The van der Waals surface area contributed by atoms with E-state index in [1.54, 1.807) is 0 Å². The van der Waals surface area contributed by atoms with Crippen LogP contribution in [0.2, 0.25) is 0 Å². The number of hydrogen-bond donors (Lipinski definition) is 1. The van der Waals surface area contributed by atoms with E-state index in [9.17, 15) is 5.11 Å². The molecule has 0 unspecified atom stereocenters. The van der Waals surface area contributed by atoms with Crippen LogP contribution in [0.25, 0.3) is 0 Å². The maximum absolute atomic E-state index is 10.5. The molecule has 6 atom stereocenters. The minimum absolute atomic E-state index is 0.0485. The van der Waals surface area contributed by atoms with Gasteiger partial charge >= 0.3 is 0 Å². The van der Waals surface area contributed by atoms with Gasteiger partial charge in [0.15, 0.2) is 0 Å². The Balaban J connectivity index is 2.02. The van der Waals surface area contributed by atoms with Gasteiger partial charge < -0.3 is 9.84 Å². The first-order chi connectivity index (χ1) is 7.92. The van der Waals surface area contributed by atoms with Crippen LogP contribution in [-0.2, 0) is 4.74 Å². The van der Waals surface area contributed by atoms with Crippen molar-refractivity contribution in [3.05, 3.63) is 11.6 Å². The maximum Gasteiger partial charge on any atom is 0.0905 e. The number of allylic oxidation sites excluding steroid dienone is 1. The summed E-state index contributed by atoms with van der Waals surface area (Å²) in [7, 11) is 0. The average Bonchev–Trinajstić information content (AvgIpc) is 2.53. The zero-order valence-corrected chi connectivity index (χ0v) is 11.3. The molecule has 0 amide bonds. The van der Waals surface area contributed by atoms with Crippen molar-refractivity contribution in [2.45, 2.75) is 58.3 Å². The van der Waals surface area contributed by atoms with E-state index in [1.807, 2.05) is 6.92 Å². The Hall–Kier alpha value is -0.340. The van der Waals surface area contributed by atoms with Crippen LogP contribution in [0.5, 0.6) is 0 Å². The van der Waals surface area contributed by atoms with Crippen LogP contribution >= 0.6 is 0 Å². The third kappa shape index (κ3) is 1.53. The Morgan fingerprint density at radius 1 is 1.47 bits per heavy atom. The summed E-state index contributed by atoms with van der Waals surface area (Å²) >= 11 is 0. The fourth-order valence-corrected chi connectivity index (χ4v) is 4.48. The summed E-state index contributed by atoms with van der Waals surface area (Å²) in [6, 6.07) is 0.